The van der Waals surface area contributed by atoms with E-state index in [4.69, 9.17) is 0 Å². The zero-order chi connectivity index (χ0) is 14.2. The van der Waals surface area contributed by atoms with E-state index < -0.39 is 11.5 Å². The Kier molecular flexibility index (Phi) is 3.35. The van der Waals surface area contributed by atoms with Crippen molar-refractivity contribution in [3.8, 4) is 0 Å². The standard InChI is InChI=1S/C15H19NO3/c1-10-7-11(2)9-12(8-10)13(17)16-6-4-5-15(16,3)14(18)19/h7-9H,4-6H2,1-3H3,(H,18,19). The Morgan fingerprint density at radius 1 is 1.21 bits per heavy atom. The zero-order valence-corrected chi connectivity index (χ0v) is 11.6. The number of aliphatic carboxylic acids is 1. The molecular weight excluding hydrogens is 242 g/mol. The summed E-state index contributed by atoms with van der Waals surface area (Å²) >= 11 is 0. The largest absolute Gasteiger partial charge is 0.480 e. The van der Waals surface area contributed by atoms with E-state index in [0.29, 0.717) is 18.5 Å². The van der Waals surface area contributed by atoms with Gasteiger partial charge in [-0.1, -0.05) is 17.2 Å². The molecule has 1 heterocycles. The number of carbonyl (C=O) groups is 2. The van der Waals surface area contributed by atoms with Crippen molar-refractivity contribution < 1.29 is 14.7 Å². The fourth-order valence-corrected chi connectivity index (χ4v) is 2.77. The molecule has 4 heteroatoms. The summed E-state index contributed by atoms with van der Waals surface area (Å²) in [7, 11) is 0. The summed E-state index contributed by atoms with van der Waals surface area (Å²) in [6.07, 6.45) is 1.25. The van der Waals surface area contributed by atoms with Gasteiger partial charge in [-0.15, -0.1) is 0 Å². The summed E-state index contributed by atoms with van der Waals surface area (Å²) in [6.45, 7) is 6.01. The lowest BCUT2D eigenvalue weighted by Gasteiger charge is -2.31. The monoisotopic (exact) mass is 261 g/mol. The number of carboxylic acid groups (broad SMARTS) is 1. The molecule has 1 unspecified atom stereocenters. The van der Waals surface area contributed by atoms with Crippen LogP contribution in [0.5, 0.6) is 0 Å². The molecular formula is C15H19NO3. The van der Waals surface area contributed by atoms with Gasteiger partial charge in [0.1, 0.15) is 5.54 Å². The molecule has 1 aliphatic rings. The molecule has 0 aromatic heterocycles. The van der Waals surface area contributed by atoms with Crippen LogP contribution in [0.1, 0.15) is 41.3 Å². The Bertz CT molecular complexity index is 518. The first-order chi connectivity index (χ1) is 8.84. The van der Waals surface area contributed by atoms with Gasteiger partial charge in [-0.25, -0.2) is 4.79 Å². The fraction of sp³-hybridized carbons (Fsp3) is 0.467. The number of carbonyl (C=O) groups excluding carboxylic acids is 1. The van der Waals surface area contributed by atoms with Gasteiger partial charge in [0.2, 0.25) is 0 Å². The Morgan fingerprint density at radius 2 is 1.79 bits per heavy atom. The second-order valence-electron chi connectivity index (χ2n) is 5.52. The van der Waals surface area contributed by atoms with Crippen LogP contribution in [0.15, 0.2) is 18.2 Å². The molecule has 4 nitrogen and oxygen atoms in total. The lowest BCUT2D eigenvalue weighted by molar-refractivity contribution is -0.147. The second-order valence-corrected chi connectivity index (χ2v) is 5.52. The van der Waals surface area contributed by atoms with E-state index in [1.165, 1.54) is 4.90 Å². The number of nitrogens with zero attached hydrogens (tertiary/aromatic N) is 1. The van der Waals surface area contributed by atoms with E-state index in [1.807, 2.05) is 32.0 Å². The number of hydrogen-bond donors (Lipinski definition) is 1. The third-order valence-corrected chi connectivity index (χ3v) is 3.82. The van der Waals surface area contributed by atoms with Crippen LogP contribution in [0.4, 0.5) is 0 Å². The molecule has 19 heavy (non-hydrogen) atoms. The quantitative estimate of drug-likeness (QED) is 0.889. The number of aryl methyl sites for hydroxylation is 2. The van der Waals surface area contributed by atoms with Gasteiger partial charge in [0.05, 0.1) is 0 Å². The summed E-state index contributed by atoms with van der Waals surface area (Å²) in [5, 5.41) is 9.35. The third-order valence-electron chi connectivity index (χ3n) is 3.82. The van der Waals surface area contributed by atoms with Crippen LogP contribution in [0, 0.1) is 13.8 Å². The summed E-state index contributed by atoms with van der Waals surface area (Å²) in [5.41, 5.74) is 1.53. The van der Waals surface area contributed by atoms with Crippen molar-refractivity contribution in [2.24, 2.45) is 0 Å². The molecule has 1 amide bonds. The van der Waals surface area contributed by atoms with Crippen LogP contribution in [0.3, 0.4) is 0 Å². The lowest BCUT2D eigenvalue weighted by Crippen LogP contribution is -2.50. The summed E-state index contributed by atoms with van der Waals surface area (Å²) in [4.78, 5) is 25.4. The van der Waals surface area contributed by atoms with Gasteiger partial charge in [-0.3, -0.25) is 4.79 Å². The maximum Gasteiger partial charge on any atom is 0.329 e. The summed E-state index contributed by atoms with van der Waals surface area (Å²) in [6, 6.07) is 5.63. The van der Waals surface area contributed by atoms with E-state index in [1.54, 1.807) is 6.92 Å². The van der Waals surface area contributed by atoms with Crippen molar-refractivity contribution in [1.29, 1.82) is 0 Å². The maximum absolute atomic E-state index is 12.5. The molecule has 1 saturated heterocycles. The Labute approximate surface area is 113 Å². The first kappa shape index (κ1) is 13.6. The first-order valence-corrected chi connectivity index (χ1v) is 6.48. The van der Waals surface area contributed by atoms with Crippen LogP contribution in [0.25, 0.3) is 0 Å². The maximum atomic E-state index is 12.5. The van der Waals surface area contributed by atoms with E-state index in [2.05, 4.69) is 0 Å². The molecule has 102 valence electrons. The van der Waals surface area contributed by atoms with Gasteiger partial charge < -0.3 is 10.0 Å². The number of rotatable bonds is 2. The Morgan fingerprint density at radius 3 is 2.32 bits per heavy atom. The highest BCUT2D eigenvalue weighted by Gasteiger charge is 2.46. The average molecular weight is 261 g/mol. The van der Waals surface area contributed by atoms with Gasteiger partial charge in [0, 0.05) is 12.1 Å². The second kappa shape index (κ2) is 4.68. The molecule has 0 bridgehead atoms. The van der Waals surface area contributed by atoms with Crippen LogP contribution in [-0.4, -0.2) is 34.0 Å². The zero-order valence-electron chi connectivity index (χ0n) is 11.6. The average Bonchev–Trinajstić information content (AvgIpc) is 2.70. The van der Waals surface area contributed by atoms with Crippen LogP contribution < -0.4 is 0 Å². The van der Waals surface area contributed by atoms with Crippen molar-refractivity contribution >= 4 is 11.9 Å². The predicted octanol–water partition coefficient (Wildman–Crippen LogP) is 2.38. The highest BCUT2D eigenvalue weighted by atomic mass is 16.4. The Balaban J connectivity index is 2.36. The molecule has 1 aliphatic heterocycles. The number of carboxylic acids is 1. The molecule has 1 aromatic rings. The molecule has 1 fully saturated rings. The highest BCUT2D eigenvalue weighted by molar-refractivity contribution is 5.98. The van der Waals surface area contributed by atoms with Gasteiger partial charge in [0.15, 0.2) is 0 Å². The fourth-order valence-electron chi connectivity index (χ4n) is 2.77. The predicted molar refractivity (Wildman–Crippen MR) is 72.2 cm³/mol. The minimum Gasteiger partial charge on any atom is -0.480 e. The summed E-state index contributed by atoms with van der Waals surface area (Å²) < 4.78 is 0. The van der Waals surface area contributed by atoms with Crippen LogP contribution in [0.2, 0.25) is 0 Å². The lowest BCUT2D eigenvalue weighted by atomic mass is 9.98. The number of likely N-dealkylation sites (tertiary alicyclic amines) is 1. The van der Waals surface area contributed by atoms with E-state index >= 15 is 0 Å². The van der Waals surface area contributed by atoms with Gasteiger partial charge >= 0.3 is 5.97 Å². The molecule has 1 atom stereocenters. The normalized spacial score (nSPS) is 22.6. The third kappa shape index (κ3) is 2.35. The number of amides is 1. The topological polar surface area (TPSA) is 57.6 Å². The molecule has 0 saturated carbocycles. The first-order valence-electron chi connectivity index (χ1n) is 6.48. The van der Waals surface area contributed by atoms with Crippen molar-refractivity contribution in [2.75, 3.05) is 6.54 Å². The van der Waals surface area contributed by atoms with Crippen molar-refractivity contribution in [3.63, 3.8) is 0 Å². The van der Waals surface area contributed by atoms with Crippen molar-refractivity contribution in [3.05, 3.63) is 34.9 Å². The molecule has 0 radical (unpaired) electrons. The molecule has 0 spiro atoms. The van der Waals surface area contributed by atoms with Crippen LogP contribution >= 0.6 is 0 Å². The minimum atomic E-state index is -1.07. The highest BCUT2D eigenvalue weighted by Crippen LogP contribution is 2.31. The SMILES string of the molecule is Cc1cc(C)cc(C(=O)N2CCCC2(C)C(=O)O)c1. The van der Waals surface area contributed by atoms with Gasteiger partial charge in [0.25, 0.3) is 5.91 Å². The van der Waals surface area contributed by atoms with Crippen molar-refractivity contribution in [1.82, 2.24) is 4.90 Å². The van der Waals surface area contributed by atoms with E-state index in [9.17, 15) is 14.7 Å². The minimum absolute atomic E-state index is 0.186. The molecule has 2 rings (SSSR count). The van der Waals surface area contributed by atoms with E-state index in [-0.39, 0.29) is 5.91 Å². The smallest absolute Gasteiger partial charge is 0.329 e. The molecule has 0 aliphatic carbocycles. The number of hydrogen-bond acceptors (Lipinski definition) is 2. The van der Waals surface area contributed by atoms with Gasteiger partial charge in [-0.05, 0) is 45.7 Å². The molecule has 1 aromatic carbocycles. The molecule has 1 N–H and O–H groups in total. The van der Waals surface area contributed by atoms with Gasteiger partial charge in [-0.2, -0.15) is 0 Å². The van der Waals surface area contributed by atoms with Crippen molar-refractivity contribution in [2.45, 2.75) is 39.2 Å². The Hall–Kier alpha value is -1.84. The van der Waals surface area contributed by atoms with Crippen LogP contribution in [-0.2, 0) is 4.79 Å². The number of benzene rings is 1. The van der Waals surface area contributed by atoms with E-state index in [0.717, 1.165) is 17.5 Å². The summed E-state index contributed by atoms with van der Waals surface area (Å²) in [5.74, 6) is -1.11.